The summed E-state index contributed by atoms with van der Waals surface area (Å²) in [5, 5.41) is 10.6. The minimum atomic E-state index is -4.96. The highest BCUT2D eigenvalue weighted by Crippen LogP contribution is 2.45. The summed E-state index contributed by atoms with van der Waals surface area (Å²) in [6.07, 6.45) is 58.5. The molecule has 3 N–H and O–H groups in total. The Balaban J connectivity index is 5.17. The normalized spacial score (nSPS) is 14.3. The quantitative estimate of drug-likeness (QED) is 0.0222. The summed E-state index contributed by atoms with van der Waals surface area (Å²) < 4.78 is 68.7. The lowest BCUT2D eigenvalue weighted by Crippen LogP contribution is -2.30. The van der Waals surface area contributed by atoms with Gasteiger partial charge >= 0.3 is 39.5 Å². The zero-order valence-corrected chi connectivity index (χ0v) is 68.3. The van der Waals surface area contributed by atoms with E-state index in [2.05, 4.69) is 55.4 Å². The molecule has 0 fully saturated rings. The van der Waals surface area contributed by atoms with Crippen molar-refractivity contribution in [3.63, 3.8) is 0 Å². The van der Waals surface area contributed by atoms with Crippen molar-refractivity contribution in [3.8, 4) is 0 Å². The van der Waals surface area contributed by atoms with Crippen molar-refractivity contribution in [2.24, 2.45) is 23.7 Å². The molecule has 6 atom stereocenters. The molecule has 0 aromatic carbocycles. The van der Waals surface area contributed by atoms with Crippen LogP contribution in [0.15, 0.2) is 0 Å². The summed E-state index contributed by atoms with van der Waals surface area (Å²) in [6.45, 7) is 14.2. The molecule has 0 bridgehead atoms. The van der Waals surface area contributed by atoms with E-state index in [0.29, 0.717) is 31.6 Å². The fraction of sp³-hybridized carbons (Fsp3) is 0.951. The van der Waals surface area contributed by atoms with E-state index >= 15 is 0 Å². The topological polar surface area (TPSA) is 237 Å². The summed E-state index contributed by atoms with van der Waals surface area (Å²) in [5.41, 5.74) is 0. The Morgan fingerprint density at radius 3 is 0.703 bits per heavy atom. The molecular formula is C82H160O17P2. The zero-order valence-electron chi connectivity index (χ0n) is 66.5. The molecule has 0 saturated heterocycles. The van der Waals surface area contributed by atoms with Crippen molar-refractivity contribution >= 4 is 39.5 Å². The number of esters is 4. The van der Waals surface area contributed by atoms with Crippen molar-refractivity contribution in [1.82, 2.24) is 0 Å². The predicted octanol–water partition coefficient (Wildman–Crippen LogP) is 24.4. The third-order valence-corrected chi connectivity index (χ3v) is 21.3. The first-order valence-corrected chi connectivity index (χ1v) is 45.2. The maximum atomic E-state index is 13.1. The van der Waals surface area contributed by atoms with Gasteiger partial charge in [0.15, 0.2) is 12.2 Å². The summed E-state index contributed by atoms with van der Waals surface area (Å²) in [6, 6.07) is 0. The van der Waals surface area contributed by atoms with Crippen LogP contribution in [0.2, 0.25) is 0 Å². The summed E-state index contributed by atoms with van der Waals surface area (Å²) in [7, 11) is -9.92. The first-order valence-electron chi connectivity index (χ1n) is 42.2. The van der Waals surface area contributed by atoms with E-state index < -0.39 is 97.5 Å². The molecule has 0 radical (unpaired) electrons. The minimum absolute atomic E-state index is 0.106. The zero-order chi connectivity index (χ0) is 74.6. The van der Waals surface area contributed by atoms with Gasteiger partial charge in [-0.2, -0.15) is 0 Å². The molecule has 0 aliphatic heterocycles. The van der Waals surface area contributed by atoms with Crippen molar-refractivity contribution in [1.29, 1.82) is 0 Å². The first-order chi connectivity index (χ1) is 48.6. The average Bonchev–Trinajstić information content (AvgIpc) is 0.921. The summed E-state index contributed by atoms with van der Waals surface area (Å²) in [4.78, 5) is 73.0. The molecule has 0 amide bonds. The van der Waals surface area contributed by atoms with E-state index in [1.54, 1.807) is 0 Å². The van der Waals surface area contributed by atoms with E-state index in [4.69, 9.17) is 37.0 Å². The van der Waals surface area contributed by atoms with Crippen LogP contribution in [0.1, 0.15) is 421 Å². The number of carbonyl (C=O) groups is 4. The van der Waals surface area contributed by atoms with E-state index in [9.17, 15) is 43.2 Å². The van der Waals surface area contributed by atoms with Crippen LogP contribution in [0.4, 0.5) is 0 Å². The lowest BCUT2D eigenvalue weighted by atomic mass is 9.99. The molecule has 0 aliphatic carbocycles. The SMILES string of the molecule is CCC(C)CCCCCCCCCCCCCCCCCCCCC(=O)O[C@H](COC(=O)CCCCCCCCCCCC(C)C)COP(=O)(O)OCC(O)COP(=O)(O)OC[C@@H](COC(=O)CCCCCCCCC(C)C)OC(=O)CCCCCCCCCCCCCCCCCC(C)C. The molecule has 0 spiro atoms. The Morgan fingerprint density at radius 1 is 0.277 bits per heavy atom. The Labute approximate surface area is 619 Å². The summed E-state index contributed by atoms with van der Waals surface area (Å²) >= 11 is 0. The largest absolute Gasteiger partial charge is 0.472 e. The maximum absolute atomic E-state index is 13.1. The van der Waals surface area contributed by atoms with Gasteiger partial charge < -0.3 is 33.8 Å². The molecule has 0 saturated carbocycles. The lowest BCUT2D eigenvalue weighted by molar-refractivity contribution is -0.161. The number of ether oxygens (including phenoxy) is 4. The van der Waals surface area contributed by atoms with E-state index in [0.717, 1.165) is 114 Å². The standard InChI is InChI=1S/C82H160O17P2/c1-9-75(8)61-53-45-36-30-24-20-16-12-10-11-13-17-21-25-31-38-48-56-64-81(86)98-77(68-92-79(84)62-54-46-37-33-27-29-35-43-51-59-73(4)5)70-96-100(88,89)94-66-76(83)67-95-101(90,91)97-71-78(69-93-80(85)63-55-47-41-40-44-52-60-74(6)7)99-82(87)65-57-49-39-32-26-22-18-14-15-19-23-28-34-42-50-58-72(2)3/h72-78,83H,9-71H2,1-8H3,(H,88,89)(H,90,91)/t75?,76?,77-,78-/m1/s1. The molecule has 101 heavy (non-hydrogen) atoms. The third kappa shape index (κ3) is 74.7. The van der Waals surface area contributed by atoms with Crippen LogP contribution in [-0.4, -0.2) is 96.7 Å². The fourth-order valence-electron chi connectivity index (χ4n) is 12.6. The highest BCUT2D eigenvalue weighted by atomic mass is 31.2. The number of aliphatic hydroxyl groups excluding tert-OH is 1. The van der Waals surface area contributed by atoms with Gasteiger partial charge in [0.2, 0.25) is 0 Å². The second kappa shape index (κ2) is 71.0. The average molecular weight is 1480 g/mol. The van der Waals surface area contributed by atoms with Gasteiger partial charge in [0.1, 0.15) is 19.3 Å². The van der Waals surface area contributed by atoms with Crippen LogP contribution in [0.3, 0.4) is 0 Å². The van der Waals surface area contributed by atoms with Gasteiger partial charge in [-0.1, -0.05) is 370 Å². The monoisotopic (exact) mass is 1480 g/mol. The van der Waals surface area contributed by atoms with E-state index in [-0.39, 0.29) is 25.7 Å². The molecule has 4 unspecified atom stereocenters. The molecule has 17 nitrogen and oxygen atoms in total. The minimum Gasteiger partial charge on any atom is -0.462 e. The van der Waals surface area contributed by atoms with Gasteiger partial charge in [0.25, 0.3) is 0 Å². The maximum Gasteiger partial charge on any atom is 0.472 e. The number of hydrogen-bond acceptors (Lipinski definition) is 15. The second-order valence-electron chi connectivity index (χ2n) is 31.2. The van der Waals surface area contributed by atoms with Gasteiger partial charge in [0, 0.05) is 25.7 Å². The number of unbranched alkanes of at least 4 members (excludes halogenated alkanes) is 44. The van der Waals surface area contributed by atoms with Crippen LogP contribution in [-0.2, 0) is 65.4 Å². The van der Waals surface area contributed by atoms with Crippen molar-refractivity contribution in [2.75, 3.05) is 39.6 Å². The number of carbonyl (C=O) groups excluding carboxylic acids is 4. The lowest BCUT2D eigenvalue weighted by Gasteiger charge is -2.21. The number of rotatable bonds is 79. The van der Waals surface area contributed by atoms with Gasteiger partial charge in [-0.25, -0.2) is 9.13 Å². The Hall–Kier alpha value is -1.94. The van der Waals surface area contributed by atoms with Crippen LogP contribution >= 0.6 is 15.6 Å². The van der Waals surface area contributed by atoms with Gasteiger partial charge in [-0.3, -0.25) is 37.3 Å². The molecule has 0 aromatic heterocycles. The smallest absolute Gasteiger partial charge is 0.462 e. The van der Waals surface area contributed by atoms with Crippen molar-refractivity contribution in [2.45, 2.75) is 440 Å². The number of phosphoric acid groups is 2. The highest BCUT2D eigenvalue weighted by Gasteiger charge is 2.30. The molecule has 19 heteroatoms. The van der Waals surface area contributed by atoms with E-state index in [1.165, 1.54) is 218 Å². The molecule has 0 rings (SSSR count). The molecule has 0 aromatic rings. The Kier molecular flexibility index (Phi) is 69.6. The van der Waals surface area contributed by atoms with Crippen LogP contribution in [0.25, 0.3) is 0 Å². The summed E-state index contributed by atoms with van der Waals surface area (Å²) in [5.74, 6) is 0.981. The number of aliphatic hydroxyl groups is 1. The molecular weight excluding hydrogens is 1320 g/mol. The third-order valence-electron chi connectivity index (χ3n) is 19.4. The number of hydrogen-bond donors (Lipinski definition) is 3. The fourth-order valence-corrected chi connectivity index (χ4v) is 14.2. The van der Waals surface area contributed by atoms with Crippen molar-refractivity contribution < 1.29 is 80.2 Å². The molecule has 600 valence electrons. The Bertz CT molecular complexity index is 1970. The van der Waals surface area contributed by atoms with Gasteiger partial charge in [0.05, 0.1) is 26.4 Å². The van der Waals surface area contributed by atoms with E-state index in [1.807, 2.05) is 0 Å². The van der Waals surface area contributed by atoms with Crippen LogP contribution in [0.5, 0.6) is 0 Å². The highest BCUT2D eigenvalue weighted by molar-refractivity contribution is 7.47. The predicted molar refractivity (Wildman–Crippen MR) is 414 cm³/mol. The van der Waals surface area contributed by atoms with Gasteiger partial charge in [-0.15, -0.1) is 0 Å². The first kappa shape index (κ1) is 99.1. The molecule has 0 aliphatic rings. The Morgan fingerprint density at radius 2 is 0.475 bits per heavy atom. The van der Waals surface area contributed by atoms with Crippen LogP contribution in [0, 0.1) is 23.7 Å². The van der Waals surface area contributed by atoms with Gasteiger partial charge in [-0.05, 0) is 49.4 Å². The number of phosphoric ester groups is 2. The van der Waals surface area contributed by atoms with Crippen LogP contribution < -0.4 is 0 Å². The second-order valence-corrected chi connectivity index (χ2v) is 34.1. The molecule has 0 heterocycles. The van der Waals surface area contributed by atoms with Crippen molar-refractivity contribution in [3.05, 3.63) is 0 Å².